The molecule has 140 valence electrons. The van der Waals surface area contributed by atoms with E-state index in [-0.39, 0.29) is 0 Å². The molecule has 0 unspecified atom stereocenters. The lowest BCUT2D eigenvalue weighted by molar-refractivity contribution is 0.255. The van der Waals surface area contributed by atoms with E-state index in [2.05, 4.69) is 75.7 Å². The normalized spacial score (nSPS) is 15.2. The predicted molar refractivity (Wildman–Crippen MR) is 113 cm³/mol. The first kappa shape index (κ1) is 18.1. The van der Waals surface area contributed by atoms with Crippen LogP contribution in [0.3, 0.4) is 0 Å². The van der Waals surface area contributed by atoms with Crippen molar-refractivity contribution in [3.63, 3.8) is 0 Å². The third-order valence-corrected chi connectivity index (χ3v) is 5.93. The molecule has 4 rings (SSSR count). The first-order valence-corrected chi connectivity index (χ1v) is 10.5. The van der Waals surface area contributed by atoms with Crippen molar-refractivity contribution >= 4 is 16.7 Å². The van der Waals surface area contributed by atoms with Crippen LogP contribution < -0.4 is 4.90 Å². The zero-order valence-electron chi connectivity index (χ0n) is 15.8. The summed E-state index contributed by atoms with van der Waals surface area (Å²) in [4.78, 5) is 9.72. The second kappa shape index (κ2) is 8.63. The van der Waals surface area contributed by atoms with Crippen molar-refractivity contribution in [2.24, 2.45) is 0 Å². The van der Waals surface area contributed by atoms with Crippen molar-refractivity contribution in [3.8, 4) is 11.4 Å². The molecule has 0 aliphatic carbocycles. The largest absolute Gasteiger partial charge is 0.344 e. The van der Waals surface area contributed by atoms with Crippen LogP contribution in [0, 0.1) is 6.92 Å². The van der Waals surface area contributed by atoms with Crippen molar-refractivity contribution in [1.82, 2.24) is 14.3 Å². The van der Waals surface area contributed by atoms with Gasteiger partial charge in [0.25, 0.3) is 0 Å². The highest BCUT2D eigenvalue weighted by atomic mass is 32.1. The highest BCUT2D eigenvalue weighted by Crippen LogP contribution is 2.25. The van der Waals surface area contributed by atoms with Gasteiger partial charge >= 0.3 is 0 Å². The molecule has 1 fully saturated rings. The van der Waals surface area contributed by atoms with Gasteiger partial charge in [-0.1, -0.05) is 60.2 Å². The van der Waals surface area contributed by atoms with Crippen molar-refractivity contribution < 1.29 is 0 Å². The van der Waals surface area contributed by atoms with Gasteiger partial charge in [0.15, 0.2) is 5.82 Å². The van der Waals surface area contributed by atoms with Crippen LogP contribution in [0.15, 0.2) is 54.6 Å². The van der Waals surface area contributed by atoms with E-state index < -0.39 is 0 Å². The smallest absolute Gasteiger partial charge is 0.205 e. The SMILES string of the molecule is Cc1ccc(-c2nsc(N3CCN(CCCc4ccccc4)CC3)n2)cc1. The molecule has 4 nitrogen and oxygen atoms in total. The quantitative estimate of drug-likeness (QED) is 0.641. The van der Waals surface area contributed by atoms with E-state index in [1.165, 1.54) is 35.6 Å². The van der Waals surface area contributed by atoms with E-state index in [1.54, 1.807) is 0 Å². The third-order valence-electron chi connectivity index (χ3n) is 5.15. The van der Waals surface area contributed by atoms with Crippen molar-refractivity contribution in [2.45, 2.75) is 19.8 Å². The van der Waals surface area contributed by atoms with E-state index in [0.29, 0.717) is 0 Å². The summed E-state index contributed by atoms with van der Waals surface area (Å²) in [6.45, 7) is 7.56. The van der Waals surface area contributed by atoms with Gasteiger partial charge in [-0.05, 0) is 31.9 Å². The molecule has 0 atom stereocenters. The van der Waals surface area contributed by atoms with Gasteiger partial charge in [0.2, 0.25) is 5.13 Å². The molecule has 0 N–H and O–H groups in total. The second-order valence-corrected chi connectivity index (χ2v) is 7.91. The number of anilines is 1. The van der Waals surface area contributed by atoms with Crippen LogP contribution in [0.5, 0.6) is 0 Å². The van der Waals surface area contributed by atoms with E-state index >= 15 is 0 Å². The lowest BCUT2D eigenvalue weighted by Crippen LogP contribution is -2.46. The maximum absolute atomic E-state index is 4.78. The molecule has 1 aromatic heterocycles. The second-order valence-electron chi connectivity index (χ2n) is 7.18. The molecule has 2 heterocycles. The Kier molecular flexibility index (Phi) is 5.80. The van der Waals surface area contributed by atoms with E-state index in [9.17, 15) is 0 Å². The standard InChI is InChI=1S/C22H26N4S/c1-18-9-11-20(12-10-18)21-23-22(27-24-21)26-16-14-25(15-17-26)13-5-8-19-6-3-2-4-7-19/h2-4,6-7,9-12H,5,8,13-17H2,1H3. The molecule has 0 saturated carbocycles. The molecule has 0 radical (unpaired) electrons. The maximum atomic E-state index is 4.78. The van der Waals surface area contributed by atoms with Crippen LogP contribution >= 0.6 is 11.5 Å². The minimum atomic E-state index is 0.847. The lowest BCUT2D eigenvalue weighted by Gasteiger charge is -2.34. The summed E-state index contributed by atoms with van der Waals surface area (Å²) in [5.74, 6) is 0.847. The Morgan fingerprint density at radius 3 is 2.41 bits per heavy atom. The Hall–Kier alpha value is -2.24. The molecule has 0 bridgehead atoms. The van der Waals surface area contributed by atoms with Crippen LogP contribution in [0.4, 0.5) is 5.13 Å². The van der Waals surface area contributed by atoms with E-state index in [0.717, 1.165) is 49.1 Å². The van der Waals surface area contributed by atoms with Crippen LogP contribution in [0.25, 0.3) is 11.4 Å². The molecular weight excluding hydrogens is 352 g/mol. The zero-order chi connectivity index (χ0) is 18.5. The zero-order valence-corrected chi connectivity index (χ0v) is 16.7. The number of aromatic nitrogens is 2. The Bertz CT molecular complexity index is 836. The summed E-state index contributed by atoms with van der Waals surface area (Å²) < 4.78 is 4.57. The molecule has 1 saturated heterocycles. The molecule has 0 spiro atoms. The fraction of sp³-hybridized carbons (Fsp3) is 0.364. The summed E-state index contributed by atoms with van der Waals surface area (Å²) >= 11 is 1.52. The van der Waals surface area contributed by atoms with Crippen LogP contribution in [0.2, 0.25) is 0 Å². The van der Waals surface area contributed by atoms with Crippen LogP contribution in [-0.4, -0.2) is 47.0 Å². The van der Waals surface area contributed by atoms with Gasteiger partial charge < -0.3 is 4.90 Å². The minimum absolute atomic E-state index is 0.847. The Morgan fingerprint density at radius 1 is 0.926 bits per heavy atom. The van der Waals surface area contributed by atoms with Gasteiger partial charge in [-0.3, -0.25) is 4.90 Å². The third kappa shape index (κ3) is 4.73. The highest BCUT2D eigenvalue weighted by molar-refractivity contribution is 7.09. The van der Waals surface area contributed by atoms with Crippen molar-refractivity contribution in [2.75, 3.05) is 37.6 Å². The number of aryl methyl sites for hydroxylation is 2. The minimum Gasteiger partial charge on any atom is -0.344 e. The van der Waals surface area contributed by atoms with Crippen LogP contribution in [-0.2, 0) is 6.42 Å². The summed E-state index contributed by atoms with van der Waals surface area (Å²) in [6.07, 6.45) is 2.39. The number of hydrogen-bond donors (Lipinski definition) is 0. The Labute approximate surface area is 165 Å². The Balaban J connectivity index is 1.26. The molecule has 1 aliphatic rings. The molecule has 3 aromatic rings. The predicted octanol–water partition coefficient (Wildman–Crippen LogP) is 4.27. The van der Waals surface area contributed by atoms with Gasteiger partial charge in [0.1, 0.15) is 0 Å². The Morgan fingerprint density at radius 2 is 1.67 bits per heavy atom. The highest BCUT2D eigenvalue weighted by Gasteiger charge is 2.20. The summed E-state index contributed by atoms with van der Waals surface area (Å²) in [7, 11) is 0. The average Bonchev–Trinajstić information content (AvgIpc) is 3.20. The molecule has 1 aliphatic heterocycles. The molecule has 27 heavy (non-hydrogen) atoms. The van der Waals surface area contributed by atoms with E-state index in [1.807, 2.05) is 0 Å². The first-order valence-electron chi connectivity index (χ1n) is 9.70. The van der Waals surface area contributed by atoms with Crippen molar-refractivity contribution in [1.29, 1.82) is 0 Å². The fourth-order valence-electron chi connectivity index (χ4n) is 3.48. The average molecular weight is 379 g/mol. The summed E-state index contributed by atoms with van der Waals surface area (Å²) in [6, 6.07) is 19.2. The number of piperazine rings is 1. The summed E-state index contributed by atoms with van der Waals surface area (Å²) in [5.41, 5.74) is 3.80. The number of benzene rings is 2. The first-order chi connectivity index (χ1) is 13.3. The van der Waals surface area contributed by atoms with Crippen LogP contribution in [0.1, 0.15) is 17.5 Å². The molecular formula is C22H26N4S. The summed E-state index contributed by atoms with van der Waals surface area (Å²) in [5, 5.41) is 1.05. The van der Waals surface area contributed by atoms with Gasteiger partial charge in [-0.15, -0.1) is 0 Å². The topological polar surface area (TPSA) is 32.3 Å². The molecule has 0 amide bonds. The van der Waals surface area contributed by atoms with Gasteiger partial charge in [0, 0.05) is 43.3 Å². The van der Waals surface area contributed by atoms with Gasteiger partial charge in [-0.2, -0.15) is 9.36 Å². The van der Waals surface area contributed by atoms with Gasteiger partial charge in [0.05, 0.1) is 0 Å². The molecule has 2 aromatic carbocycles. The van der Waals surface area contributed by atoms with Gasteiger partial charge in [-0.25, -0.2) is 0 Å². The molecule has 5 heteroatoms. The van der Waals surface area contributed by atoms with Crippen molar-refractivity contribution in [3.05, 3.63) is 65.7 Å². The number of hydrogen-bond acceptors (Lipinski definition) is 5. The number of nitrogens with zero attached hydrogens (tertiary/aromatic N) is 4. The number of rotatable bonds is 6. The van der Waals surface area contributed by atoms with E-state index in [4.69, 9.17) is 4.98 Å². The fourth-order valence-corrected chi connectivity index (χ4v) is 4.22. The maximum Gasteiger partial charge on any atom is 0.205 e. The monoisotopic (exact) mass is 378 g/mol. The lowest BCUT2D eigenvalue weighted by atomic mass is 10.1.